The van der Waals surface area contributed by atoms with Gasteiger partial charge in [0.2, 0.25) is 5.95 Å². The zero-order valence-electron chi connectivity index (χ0n) is 8.58. The van der Waals surface area contributed by atoms with Crippen LogP contribution in [0.2, 0.25) is 0 Å². The Morgan fingerprint density at radius 3 is 2.88 bits per heavy atom. The summed E-state index contributed by atoms with van der Waals surface area (Å²) in [5.41, 5.74) is 6.02. The minimum absolute atomic E-state index is 0.246. The fraction of sp³-hybridized carbons (Fsp3) is 0.111. The van der Waals surface area contributed by atoms with Gasteiger partial charge in [-0.05, 0) is 6.07 Å². The first-order valence-electron chi connectivity index (χ1n) is 4.54. The first kappa shape index (κ1) is 10.5. The zero-order chi connectivity index (χ0) is 11.5. The van der Waals surface area contributed by atoms with Gasteiger partial charge < -0.3 is 11.1 Å². The van der Waals surface area contributed by atoms with Crippen molar-refractivity contribution >= 4 is 29.0 Å². The number of aryl methyl sites for hydroxylation is 1. The highest BCUT2D eigenvalue weighted by Gasteiger charge is 2.03. The van der Waals surface area contributed by atoms with Crippen molar-refractivity contribution < 1.29 is 0 Å². The summed E-state index contributed by atoms with van der Waals surface area (Å²) in [6.45, 7) is 0. The summed E-state index contributed by atoms with van der Waals surface area (Å²) in [5.74, 6) is 1.23. The van der Waals surface area contributed by atoms with Crippen LogP contribution in [0.4, 0.5) is 11.8 Å². The van der Waals surface area contributed by atoms with Crippen molar-refractivity contribution in [3.8, 4) is 0 Å². The van der Waals surface area contributed by atoms with Crippen molar-refractivity contribution in [2.45, 2.75) is 0 Å². The van der Waals surface area contributed by atoms with E-state index in [1.54, 1.807) is 23.1 Å². The molecule has 0 aliphatic carbocycles. The number of rotatable bonds is 3. The standard InChI is InChI=1S/C9H10N6S/c1-15-7(3-5-12-15)14-9-11-4-2-6(13-9)8(10)16/h2-5H,1H3,(H2,10,16)(H,11,13,14). The van der Waals surface area contributed by atoms with Gasteiger partial charge in [-0.2, -0.15) is 5.10 Å². The molecule has 3 N–H and O–H groups in total. The second-order valence-corrected chi connectivity index (χ2v) is 3.53. The van der Waals surface area contributed by atoms with E-state index in [0.29, 0.717) is 11.6 Å². The molecule has 0 fully saturated rings. The Balaban J connectivity index is 2.25. The molecule has 16 heavy (non-hydrogen) atoms. The molecule has 0 radical (unpaired) electrons. The number of hydrogen-bond donors (Lipinski definition) is 2. The average Bonchev–Trinajstić information content (AvgIpc) is 2.65. The van der Waals surface area contributed by atoms with Gasteiger partial charge in [0.1, 0.15) is 16.5 Å². The number of nitrogens with one attached hydrogen (secondary N) is 1. The van der Waals surface area contributed by atoms with Crippen LogP contribution >= 0.6 is 12.2 Å². The van der Waals surface area contributed by atoms with E-state index in [0.717, 1.165) is 5.82 Å². The first-order valence-corrected chi connectivity index (χ1v) is 4.95. The quantitative estimate of drug-likeness (QED) is 0.756. The van der Waals surface area contributed by atoms with Gasteiger partial charge in [-0.3, -0.25) is 4.68 Å². The van der Waals surface area contributed by atoms with Gasteiger partial charge in [0, 0.05) is 19.3 Å². The Morgan fingerprint density at radius 1 is 1.44 bits per heavy atom. The van der Waals surface area contributed by atoms with Crippen LogP contribution in [0.15, 0.2) is 24.5 Å². The third kappa shape index (κ3) is 2.14. The zero-order valence-corrected chi connectivity index (χ0v) is 9.40. The smallest absolute Gasteiger partial charge is 0.228 e. The Bertz CT molecular complexity index is 520. The number of nitrogens with zero attached hydrogens (tertiary/aromatic N) is 4. The number of anilines is 2. The highest BCUT2D eigenvalue weighted by molar-refractivity contribution is 7.80. The lowest BCUT2D eigenvalue weighted by Gasteiger charge is -2.05. The van der Waals surface area contributed by atoms with Crippen LogP contribution in [-0.4, -0.2) is 24.7 Å². The molecule has 0 atom stereocenters. The van der Waals surface area contributed by atoms with Crippen molar-refractivity contribution in [3.63, 3.8) is 0 Å². The third-order valence-electron chi connectivity index (χ3n) is 1.97. The molecule has 2 aromatic rings. The first-order chi connectivity index (χ1) is 7.66. The van der Waals surface area contributed by atoms with E-state index in [1.165, 1.54) is 0 Å². The van der Waals surface area contributed by atoms with Crippen molar-refractivity contribution in [1.29, 1.82) is 0 Å². The van der Waals surface area contributed by atoms with Crippen LogP contribution in [0.5, 0.6) is 0 Å². The molecule has 0 aliphatic rings. The molecular formula is C9H10N6S. The number of aromatic nitrogens is 4. The van der Waals surface area contributed by atoms with E-state index >= 15 is 0 Å². The van der Waals surface area contributed by atoms with E-state index in [4.69, 9.17) is 18.0 Å². The summed E-state index contributed by atoms with van der Waals surface area (Å²) < 4.78 is 1.68. The number of hydrogen-bond acceptors (Lipinski definition) is 5. The van der Waals surface area contributed by atoms with Crippen LogP contribution in [0.1, 0.15) is 5.69 Å². The summed E-state index contributed by atoms with van der Waals surface area (Å²) in [5, 5.41) is 7.03. The Labute approximate surface area is 97.5 Å². The van der Waals surface area contributed by atoms with E-state index < -0.39 is 0 Å². The van der Waals surface area contributed by atoms with Crippen molar-refractivity contribution in [2.24, 2.45) is 12.8 Å². The maximum Gasteiger partial charge on any atom is 0.228 e. The molecule has 2 heterocycles. The van der Waals surface area contributed by atoms with Gasteiger partial charge in [0.15, 0.2) is 0 Å². The topological polar surface area (TPSA) is 81.7 Å². The summed E-state index contributed by atoms with van der Waals surface area (Å²) in [4.78, 5) is 8.46. The maximum absolute atomic E-state index is 5.48. The lowest BCUT2D eigenvalue weighted by Crippen LogP contribution is -2.13. The fourth-order valence-corrected chi connectivity index (χ4v) is 1.28. The predicted molar refractivity (Wildman–Crippen MR) is 64.4 cm³/mol. The van der Waals surface area contributed by atoms with Crippen molar-refractivity contribution in [3.05, 3.63) is 30.2 Å². The molecule has 0 bridgehead atoms. The summed E-state index contributed by atoms with van der Waals surface area (Å²) in [6.07, 6.45) is 3.28. The molecule has 0 saturated heterocycles. The van der Waals surface area contributed by atoms with Gasteiger partial charge in [0.05, 0.1) is 6.20 Å². The van der Waals surface area contributed by atoms with E-state index in [9.17, 15) is 0 Å². The summed E-state index contributed by atoms with van der Waals surface area (Å²) in [7, 11) is 1.82. The fourth-order valence-electron chi connectivity index (χ4n) is 1.17. The van der Waals surface area contributed by atoms with Crippen LogP contribution in [0.25, 0.3) is 0 Å². The minimum Gasteiger partial charge on any atom is -0.388 e. The molecule has 2 aromatic heterocycles. The lowest BCUT2D eigenvalue weighted by molar-refractivity contribution is 0.775. The van der Waals surface area contributed by atoms with E-state index in [-0.39, 0.29) is 4.99 Å². The Kier molecular flexibility index (Phi) is 2.78. The normalized spacial score (nSPS) is 10.1. The van der Waals surface area contributed by atoms with Crippen LogP contribution in [0, 0.1) is 0 Å². The molecule has 7 heteroatoms. The molecular weight excluding hydrogens is 224 g/mol. The largest absolute Gasteiger partial charge is 0.388 e. The van der Waals surface area contributed by atoms with Crippen LogP contribution in [0.3, 0.4) is 0 Å². The van der Waals surface area contributed by atoms with Gasteiger partial charge in [0.25, 0.3) is 0 Å². The molecule has 0 unspecified atom stereocenters. The average molecular weight is 234 g/mol. The van der Waals surface area contributed by atoms with Gasteiger partial charge >= 0.3 is 0 Å². The number of thiocarbonyl (C=S) groups is 1. The molecule has 2 rings (SSSR count). The third-order valence-corrected chi connectivity index (χ3v) is 2.18. The van der Waals surface area contributed by atoms with E-state index in [2.05, 4.69) is 20.4 Å². The predicted octanol–water partition coefficient (Wildman–Crippen LogP) is 0.588. The molecule has 0 amide bonds. The van der Waals surface area contributed by atoms with Gasteiger partial charge in [-0.15, -0.1) is 0 Å². The highest BCUT2D eigenvalue weighted by Crippen LogP contribution is 2.10. The molecule has 6 nitrogen and oxygen atoms in total. The molecule has 0 aromatic carbocycles. The summed E-state index contributed by atoms with van der Waals surface area (Å²) in [6, 6.07) is 3.48. The monoisotopic (exact) mass is 234 g/mol. The Hall–Kier alpha value is -2.02. The van der Waals surface area contributed by atoms with Gasteiger partial charge in [-0.1, -0.05) is 12.2 Å². The molecule has 82 valence electrons. The maximum atomic E-state index is 5.48. The minimum atomic E-state index is 0.246. The van der Waals surface area contributed by atoms with Crippen molar-refractivity contribution in [1.82, 2.24) is 19.7 Å². The van der Waals surface area contributed by atoms with E-state index in [1.807, 2.05) is 13.1 Å². The van der Waals surface area contributed by atoms with Crippen LogP contribution in [-0.2, 0) is 7.05 Å². The molecule has 0 aliphatic heterocycles. The SMILES string of the molecule is Cn1nccc1Nc1nccc(C(N)=S)n1. The molecule has 0 spiro atoms. The Morgan fingerprint density at radius 2 is 2.25 bits per heavy atom. The van der Waals surface area contributed by atoms with Crippen LogP contribution < -0.4 is 11.1 Å². The second-order valence-electron chi connectivity index (χ2n) is 3.09. The number of nitrogens with two attached hydrogens (primary N) is 1. The highest BCUT2D eigenvalue weighted by atomic mass is 32.1. The molecule has 0 saturated carbocycles. The van der Waals surface area contributed by atoms with Gasteiger partial charge in [-0.25, -0.2) is 9.97 Å². The van der Waals surface area contributed by atoms with Crippen molar-refractivity contribution in [2.75, 3.05) is 5.32 Å². The summed E-state index contributed by atoms with van der Waals surface area (Å²) >= 11 is 4.84. The second kappa shape index (κ2) is 4.23. The lowest BCUT2D eigenvalue weighted by atomic mass is 10.4.